The van der Waals surface area contributed by atoms with Gasteiger partial charge in [0.15, 0.2) is 0 Å². The molecule has 0 saturated carbocycles. The number of nitrogens with zero attached hydrogens (tertiary/aromatic N) is 4. The van der Waals surface area contributed by atoms with E-state index in [1.54, 1.807) is 0 Å². The molecule has 0 amide bonds. The largest absolute Gasteiger partial charge is 0.185 e. The molecule has 0 aromatic heterocycles. The number of thiocyanates is 4. The predicted molar refractivity (Wildman–Crippen MR) is 58.4 cm³/mol. The summed E-state index contributed by atoms with van der Waals surface area (Å²) in [6.45, 7) is 0. The van der Waals surface area contributed by atoms with Gasteiger partial charge in [0.25, 0.3) is 0 Å². The molecule has 0 aliphatic heterocycles. The zero-order chi connectivity index (χ0) is 10.8. The Morgan fingerprint density at radius 1 is 0.538 bits per heavy atom. The maximum absolute atomic E-state index is 7.18. The summed E-state index contributed by atoms with van der Waals surface area (Å²) in [5.41, 5.74) is 0. The predicted octanol–water partition coefficient (Wildman–Crippen LogP) is 1.59. The van der Waals surface area contributed by atoms with Gasteiger partial charge in [0.05, 0.1) is 0 Å². The minimum absolute atomic E-state index is 0. The van der Waals surface area contributed by atoms with E-state index < -0.39 is 0 Å². The Bertz CT molecular complexity index is 158. The zero-order valence-corrected chi connectivity index (χ0v) is 12.8. The normalized spacial score (nSPS) is 2.46. The molecule has 0 unspecified atom stereocenters. The van der Waals surface area contributed by atoms with Crippen LogP contribution in [0.4, 0.5) is 0 Å². The summed E-state index contributed by atoms with van der Waals surface area (Å²) in [7, 11) is 0. The summed E-state index contributed by atoms with van der Waals surface area (Å²) < 4.78 is 0. The smallest absolute Gasteiger partial charge is 0.130 e. The number of thiol groups is 4. The maximum atomic E-state index is 7.18. The first-order valence-electron chi connectivity index (χ1n) is 1.79. The minimum atomic E-state index is 0. The van der Waals surface area contributed by atoms with Crippen LogP contribution in [0.25, 0.3) is 0 Å². The minimum Gasteiger partial charge on any atom is -0.185 e. The van der Waals surface area contributed by atoms with Crippen LogP contribution in [0.3, 0.4) is 0 Å². The first-order chi connectivity index (χ1) is 5.66. The molecule has 0 spiro atoms. The summed E-state index contributed by atoms with van der Waals surface area (Å²) in [6.07, 6.45) is 0. The van der Waals surface area contributed by atoms with Crippen LogP contribution in [-0.2, 0) is 19.5 Å². The number of rotatable bonds is 0. The monoisotopic (exact) mass is 300 g/mol. The number of hydrogen-bond donors (Lipinski definition) is 4. The van der Waals surface area contributed by atoms with E-state index in [1.165, 1.54) is 21.6 Å². The van der Waals surface area contributed by atoms with Crippen molar-refractivity contribution < 1.29 is 19.5 Å². The van der Waals surface area contributed by atoms with Gasteiger partial charge < -0.3 is 0 Å². The van der Waals surface area contributed by atoms with Gasteiger partial charge >= 0.3 is 0 Å². The van der Waals surface area contributed by atoms with Gasteiger partial charge in [0, 0.05) is 19.5 Å². The summed E-state index contributed by atoms with van der Waals surface area (Å²) in [5.74, 6) is 0. The van der Waals surface area contributed by atoms with Crippen molar-refractivity contribution in [2.45, 2.75) is 0 Å². The maximum Gasteiger partial charge on any atom is 0.130 e. The second kappa shape index (κ2) is 91.1. The Hall–Kier alpha value is -0.0166. The number of nitriles is 4. The van der Waals surface area contributed by atoms with Gasteiger partial charge in [-0.25, -0.2) is 0 Å². The molecule has 0 fully saturated rings. The first kappa shape index (κ1) is 29.3. The molecule has 66 valence electrons. The molecule has 0 aliphatic rings. The van der Waals surface area contributed by atoms with Crippen LogP contribution in [0.5, 0.6) is 0 Å². The van der Waals surface area contributed by atoms with Crippen molar-refractivity contribution in [1.29, 1.82) is 21.0 Å². The molecular formula is C4H4N4S4Zn. The van der Waals surface area contributed by atoms with Gasteiger partial charge in [-0.15, -0.1) is 0 Å². The molecule has 0 heterocycles. The fraction of sp³-hybridized carbons (Fsp3) is 0. The molecule has 9 heteroatoms. The molecule has 0 saturated heterocycles. The van der Waals surface area contributed by atoms with E-state index in [-0.39, 0.29) is 19.5 Å². The van der Waals surface area contributed by atoms with Crippen molar-refractivity contribution in [3.63, 3.8) is 0 Å². The van der Waals surface area contributed by atoms with Crippen LogP contribution in [0, 0.1) is 42.7 Å². The molecule has 0 aliphatic carbocycles. The molecule has 0 rings (SSSR count). The molecule has 0 bridgehead atoms. The SMILES string of the molecule is N#CS.N#CS.N#CS.N#CS.[Zn]. The summed E-state index contributed by atoms with van der Waals surface area (Å²) in [5, 5.41) is 34.5. The van der Waals surface area contributed by atoms with Crippen LogP contribution in [0.15, 0.2) is 0 Å². The van der Waals surface area contributed by atoms with Crippen molar-refractivity contribution in [3.8, 4) is 21.6 Å². The fourth-order valence-electron chi connectivity index (χ4n) is 0. The van der Waals surface area contributed by atoms with E-state index in [4.69, 9.17) is 21.0 Å². The summed E-state index contributed by atoms with van der Waals surface area (Å²) in [6, 6.07) is 0. The molecule has 0 aromatic rings. The van der Waals surface area contributed by atoms with Gasteiger partial charge in [-0.2, -0.15) is 21.0 Å². The average Bonchev–Trinajstić information content (AvgIpc) is 1.92. The van der Waals surface area contributed by atoms with E-state index in [9.17, 15) is 0 Å². The van der Waals surface area contributed by atoms with Crippen LogP contribution >= 0.6 is 50.5 Å². The van der Waals surface area contributed by atoms with E-state index in [1.807, 2.05) is 0 Å². The Balaban J connectivity index is -0.0000000213. The molecule has 0 N–H and O–H groups in total. The molecule has 0 aromatic carbocycles. The molecule has 0 radical (unpaired) electrons. The van der Waals surface area contributed by atoms with Crippen LogP contribution in [-0.4, -0.2) is 0 Å². The van der Waals surface area contributed by atoms with E-state index in [2.05, 4.69) is 50.5 Å². The second-order valence-electron chi connectivity index (χ2n) is 0.400. The first-order valence-corrected chi connectivity index (χ1v) is 3.58. The van der Waals surface area contributed by atoms with Crippen molar-refractivity contribution in [2.75, 3.05) is 0 Å². The Labute approximate surface area is 112 Å². The van der Waals surface area contributed by atoms with Gasteiger partial charge in [0.2, 0.25) is 0 Å². The topological polar surface area (TPSA) is 95.2 Å². The third kappa shape index (κ3) is 4320000. The van der Waals surface area contributed by atoms with Gasteiger partial charge in [0.1, 0.15) is 21.6 Å². The Morgan fingerprint density at radius 3 is 0.538 bits per heavy atom. The third-order valence-electron chi connectivity index (χ3n) is 0. The quantitative estimate of drug-likeness (QED) is 0.310. The molecule has 13 heavy (non-hydrogen) atoms. The van der Waals surface area contributed by atoms with Crippen molar-refractivity contribution in [1.82, 2.24) is 0 Å². The molecular weight excluding hydrogens is 298 g/mol. The third-order valence-corrected chi connectivity index (χ3v) is 0. The summed E-state index contributed by atoms with van der Waals surface area (Å²) >= 11 is 12.4. The average molecular weight is 302 g/mol. The summed E-state index contributed by atoms with van der Waals surface area (Å²) in [4.78, 5) is 0. The van der Waals surface area contributed by atoms with Gasteiger partial charge in [-0.1, -0.05) is 50.5 Å². The van der Waals surface area contributed by atoms with Crippen LogP contribution in [0.2, 0.25) is 0 Å². The van der Waals surface area contributed by atoms with E-state index in [0.717, 1.165) is 0 Å². The standard InChI is InChI=1S/4CHNS.Zn/c4*2-1-3;/h4*3H;. The van der Waals surface area contributed by atoms with Crippen LogP contribution in [0.1, 0.15) is 0 Å². The molecule has 4 nitrogen and oxygen atoms in total. The molecule has 0 atom stereocenters. The van der Waals surface area contributed by atoms with Crippen molar-refractivity contribution >= 4 is 50.5 Å². The van der Waals surface area contributed by atoms with E-state index >= 15 is 0 Å². The second-order valence-corrected chi connectivity index (χ2v) is 1.20. The fourth-order valence-corrected chi connectivity index (χ4v) is 0. The van der Waals surface area contributed by atoms with Gasteiger partial charge in [-0.05, 0) is 0 Å². The number of hydrogen-bond acceptors (Lipinski definition) is 8. The Morgan fingerprint density at radius 2 is 0.538 bits per heavy atom. The van der Waals surface area contributed by atoms with Crippen molar-refractivity contribution in [3.05, 3.63) is 0 Å². The Kier molecular flexibility index (Phi) is 205. The zero-order valence-electron chi connectivity index (χ0n) is 6.28. The van der Waals surface area contributed by atoms with Crippen molar-refractivity contribution in [2.24, 2.45) is 0 Å². The van der Waals surface area contributed by atoms with Gasteiger partial charge in [-0.3, -0.25) is 0 Å². The van der Waals surface area contributed by atoms with Crippen LogP contribution < -0.4 is 0 Å². The van der Waals surface area contributed by atoms with E-state index in [0.29, 0.717) is 0 Å².